The zero-order valence-corrected chi connectivity index (χ0v) is 13.9. The van der Waals surface area contributed by atoms with E-state index in [9.17, 15) is 4.79 Å². The number of nitrogens with zero attached hydrogens (tertiary/aromatic N) is 1. The predicted octanol–water partition coefficient (Wildman–Crippen LogP) is 4.23. The van der Waals surface area contributed by atoms with Gasteiger partial charge in [-0.25, -0.2) is 0 Å². The summed E-state index contributed by atoms with van der Waals surface area (Å²) in [5.41, 5.74) is 1.33. The Balaban J connectivity index is 1.53. The van der Waals surface area contributed by atoms with E-state index >= 15 is 0 Å². The normalized spacial score (nSPS) is 37.0. The molecule has 2 nitrogen and oxygen atoms in total. The van der Waals surface area contributed by atoms with Gasteiger partial charge in [-0.2, -0.15) is 0 Å². The zero-order valence-electron chi connectivity index (χ0n) is 13.1. The van der Waals surface area contributed by atoms with E-state index in [4.69, 9.17) is 0 Å². The molecule has 4 bridgehead atoms. The molecule has 0 aromatic carbocycles. The number of hydrogen-bond donors (Lipinski definition) is 0. The van der Waals surface area contributed by atoms with Gasteiger partial charge < -0.3 is 4.90 Å². The summed E-state index contributed by atoms with van der Waals surface area (Å²) >= 11 is 1.78. The minimum absolute atomic E-state index is 0.00860. The van der Waals surface area contributed by atoms with Gasteiger partial charge >= 0.3 is 0 Å². The second kappa shape index (κ2) is 4.84. The Bertz CT molecular complexity index is 526. The molecule has 0 unspecified atom stereocenters. The van der Waals surface area contributed by atoms with Crippen molar-refractivity contribution in [1.29, 1.82) is 0 Å². The highest BCUT2D eigenvalue weighted by Crippen LogP contribution is 2.60. The van der Waals surface area contributed by atoms with Gasteiger partial charge in [0, 0.05) is 11.9 Å². The number of hydrogen-bond acceptors (Lipinski definition) is 2. The van der Waals surface area contributed by atoms with Crippen LogP contribution in [0.2, 0.25) is 0 Å². The Morgan fingerprint density at radius 3 is 2.29 bits per heavy atom. The third kappa shape index (κ3) is 2.25. The first-order valence-corrected chi connectivity index (χ1v) is 9.22. The van der Waals surface area contributed by atoms with Crippen LogP contribution in [0.4, 0.5) is 0 Å². The fourth-order valence-electron chi connectivity index (χ4n) is 5.63. The summed E-state index contributed by atoms with van der Waals surface area (Å²) < 4.78 is 0. The fraction of sp³-hybridized carbons (Fsp3) is 0.722. The lowest BCUT2D eigenvalue weighted by Crippen LogP contribution is -2.53. The second-order valence-electron chi connectivity index (χ2n) is 7.89. The molecule has 114 valence electrons. The quantitative estimate of drug-likeness (QED) is 0.818. The Labute approximate surface area is 131 Å². The van der Waals surface area contributed by atoms with Gasteiger partial charge in [0.15, 0.2) is 0 Å². The van der Waals surface area contributed by atoms with E-state index in [1.165, 1.54) is 49.0 Å². The maximum atomic E-state index is 13.2. The van der Waals surface area contributed by atoms with Crippen LogP contribution in [0, 0.1) is 30.1 Å². The molecule has 1 aromatic rings. The summed E-state index contributed by atoms with van der Waals surface area (Å²) in [6, 6.07) is 2.16. The lowest BCUT2D eigenvalue weighted by molar-refractivity contribution is -0.156. The molecule has 4 aliphatic rings. The van der Waals surface area contributed by atoms with Crippen LogP contribution in [0.15, 0.2) is 11.4 Å². The van der Waals surface area contributed by atoms with Crippen LogP contribution in [0.1, 0.15) is 49.0 Å². The topological polar surface area (TPSA) is 20.3 Å². The largest absolute Gasteiger partial charge is 0.340 e. The van der Waals surface area contributed by atoms with Crippen molar-refractivity contribution < 1.29 is 4.79 Å². The van der Waals surface area contributed by atoms with Crippen LogP contribution >= 0.6 is 11.3 Å². The summed E-state index contributed by atoms with van der Waals surface area (Å²) in [6.45, 7) is 2.94. The van der Waals surface area contributed by atoms with Crippen LogP contribution in [0.3, 0.4) is 0 Å². The zero-order chi connectivity index (χ0) is 14.6. The number of rotatable bonds is 3. The van der Waals surface area contributed by atoms with E-state index in [0.29, 0.717) is 5.91 Å². The van der Waals surface area contributed by atoms with Crippen LogP contribution < -0.4 is 0 Å². The molecule has 0 aliphatic heterocycles. The summed E-state index contributed by atoms with van der Waals surface area (Å²) in [7, 11) is 2.01. The first-order chi connectivity index (χ1) is 10.1. The summed E-state index contributed by atoms with van der Waals surface area (Å²) in [5.74, 6) is 2.97. The van der Waals surface area contributed by atoms with E-state index in [1.807, 2.05) is 11.9 Å². The van der Waals surface area contributed by atoms with Gasteiger partial charge in [0.2, 0.25) is 5.91 Å². The number of carbonyl (C=O) groups excluding carboxylic acids is 1. The van der Waals surface area contributed by atoms with Crippen molar-refractivity contribution in [2.75, 3.05) is 7.05 Å². The molecule has 1 amide bonds. The van der Waals surface area contributed by atoms with Crippen LogP contribution in [-0.4, -0.2) is 17.9 Å². The van der Waals surface area contributed by atoms with E-state index in [-0.39, 0.29) is 5.41 Å². The van der Waals surface area contributed by atoms with Crippen molar-refractivity contribution in [3.63, 3.8) is 0 Å². The van der Waals surface area contributed by atoms with Gasteiger partial charge in [0.25, 0.3) is 0 Å². The molecular formula is C18H25NOS. The molecule has 4 saturated carbocycles. The third-order valence-corrected chi connectivity index (χ3v) is 7.20. The first kappa shape index (κ1) is 13.8. The highest BCUT2D eigenvalue weighted by atomic mass is 32.1. The van der Waals surface area contributed by atoms with Gasteiger partial charge in [-0.3, -0.25) is 4.79 Å². The number of thiophene rings is 1. The highest BCUT2D eigenvalue weighted by Gasteiger charge is 2.55. The average molecular weight is 303 g/mol. The third-order valence-electron chi connectivity index (χ3n) is 6.19. The van der Waals surface area contributed by atoms with Gasteiger partial charge in [0.05, 0.1) is 12.0 Å². The van der Waals surface area contributed by atoms with Crippen molar-refractivity contribution in [2.45, 2.75) is 52.0 Å². The SMILES string of the molecule is Cc1ccsc1CN(C)C(=O)C12CC3CC(CC(C3)C1)C2. The second-order valence-corrected chi connectivity index (χ2v) is 8.89. The van der Waals surface area contributed by atoms with Crippen molar-refractivity contribution >= 4 is 17.2 Å². The molecule has 0 radical (unpaired) electrons. The van der Waals surface area contributed by atoms with Gasteiger partial charge in [-0.1, -0.05) is 0 Å². The van der Waals surface area contributed by atoms with Crippen molar-refractivity contribution in [2.24, 2.45) is 23.2 Å². The maximum Gasteiger partial charge on any atom is 0.228 e. The molecule has 5 rings (SSSR count). The minimum Gasteiger partial charge on any atom is -0.340 e. The molecule has 0 spiro atoms. The molecule has 1 aromatic heterocycles. The molecule has 1 heterocycles. The Morgan fingerprint density at radius 2 is 1.81 bits per heavy atom. The van der Waals surface area contributed by atoms with Crippen LogP contribution in [-0.2, 0) is 11.3 Å². The van der Waals surface area contributed by atoms with Crippen molar-refractivity contribution in [3.8, 4) is 0 Å². The molecule has 3 heteroatoms. The van der Waals surface area contributed by atoms with Crippen LogP contribution in [0.5, 0.6) is 0 Å². The Kier molecular flexibility index (Phi) is 3.18. The molecule has 4 aliphatic carbocycles. The summed E-state index contributed by atoms with van der Waals surface area (Å²) in [4.78, 5) is 16.5. The summed E-state index contributed by atoms with van der Waals surface area (Å²) in [5, 5.41) is 2.13. The van der Waals surface area contributed by atoms with Crippen LogP contribution in [0.25, 0.3) is 0 Å². The van der Waals surface area contributed by atoms with E-state index < -0.39 is 0 Å². The van der Waals surface area contributed by atoms with Crippen molar-refractivity contribution in [1.82, 2.24) is 4.90 Å². The van der Waals surface area contributed by atoms with E-state index in [1.54, 1.807) is 11.3 Å². The van der Waals surface area contributed by atoms with E-state index in [0.717, 1.165) is 24.3 Å². The molecule has 4 fully saturated rings. The number of amides is 1. The molecule has 0 saturated heterocycles. The van der Waals surface area contributed by atoms with Gasteiger partial charge in [-0.15, -0.1) is 11.3 Å². The van der Waals surface area contributed by atoms with Crippen molar-refractivity contribution in [3.05, 3.63) is 21.9 Å². The Morgan fingerprint density at radius 1 is 1.24 bits per heavy atom. The monoisotopic (exact) mass is 303 g/mol. The fourth-order valence-corrected chi connectivity index (χ4v) is 6.59. The molecule has 21 heavy (non-hydrogen) atoms. The molecule has 0 N–H and O–H groups in total. The highest BCUT2D eigenvalue weighted by molar-refractivity contribution is 7.10. The van der Waals surface area contributed by atoms with Gasteiger partial charge in [-0.05, 0) is 80.2 Å². The standard InChI is InChI=1S/C18H25NOS/c1-12-3-4-21-16(12)11-19(2)17(20)18-8-13-5-14(9-18)7-15(6-13)10-18/h3-4,13-15H,5-11H2,1-2H3. The molecule has 0 atom stereocenters. The minimum atomic E-state index is 0.00860. The summed E-state index contributed by atoms with van der Waals surface area (Å²) in [6.07, 6.45) is 7.73. The lowest BCUT2D eigenvalue weighted by atomic mass is 9.49. The number of aryl methyl sites for hydroxylation is 1. The number of carbonyl (C=O) groups is 1. The predicted molar refractivity (Wildman–Crippen MR) is 86.1 cm³/mol. The Hall–Kier alpha value is -0.830. The molecular weight excluding hydrogens is 278 g/mol. The maximum absolute atomic E-state index is 13.2. The average Bonchev–Trinajstić information content (AvgIpc) is 2.82. The lowest BCUT2D eigenvalue weighted by Gasteiger charge is -2.56. The van der Waals surface area contributed by atoms with Gasteiger partial charge in [0.1, 0.15) is 0 Å². The van der Waals surface area contributed by atoms with E-state index in [2.05, 4.69) is 18.4 Å². The smallest absolute Gasteiger partial charge is 0.228 e. The first-order valence-electron chi connectivity index (χ1n) is 8.34.